The molecule has 0 aliphatic heterocycles. The number of thioether (sulfide) groups is 1. The maximum absolute atomic E-state index is 13.0. The van der Waals surface area contributed by atoms with Gasteiger partial charge in [-0.2, -0.15) is 0 Å². The number of fused-ring (bicyclic) bond motifs is 1. The molecule has 0 aliphatic rings. The number of aryl methyl sites for hydroxylation is 1. The van der Waals surface area contributed by atoms with Crippen molar-refractivity contribution in [2.24, 2.45) is 0 Å². The van der Waals surface area contributed by atoms with Crippen LogP contribution in [0.25, 0.3) is 10.9 Å². The number of thiazole rings is 1. The van der Waals surface area contributed by atoms with Gasteiger partial charge in [-0.05, 0) is 37.3 Å². The molecule has 0 radical (unpaired) electrons. The molecule has 1 aromatic carbocycles. The molecular formula is C18H14ClN3O2S2. The van der Waals surface area contributed by atoms with Gasteiger partial charge in [0, 0.05) is 16.2 Å². The topological polar surface area (TPSA) is 60.9 Å². The van der Waals surface area contributed by atoms with Gasteiger partial charge < -0.3 is 4.42 Å². The van der Waals surface area contributed by atoms with Gasteiger partial charge in [-0.25, -0.2) is 9.97 Å². The number of benzene rings is 1. The molecule has 0 bridgehead atoms. The van der Waals surface area contributed by atoms with Crippen LogP contribution in [-0.2, 0) is 12.3 Å². The van der Waals surface area contributed by atoms with Gasteiger partial charge >= 0.3 is 0 Å². The predicted octanol–water partition coefficient (Wildman–Crippen LogP) is 4.75. The molecule has 0 N–H and O–H groups in total. The van der Waals surface area contributed by atoms with Crippen LogP contribution < -0.4 is 5.56 Å². The van der Waals surface area contributed by atoms with E-state index in [0.717, 1.165) is 10.7 Å². The van der Waals surface area contributed by atoms with E-state index in [0.29, 0.717) is 39.1 Å². The molecule has 0 saturated heterocycles. The second-order valence-corrected chi connectivity index (χ2v) is 8.11. The van der Waals surface area contributed by atoms with Gasteiger partial charge in [0.2, 0.25) is 0 Å². The Hall–Kier alpha value is -2.09. The molecule has 3 aromatic heterocycles. The summed E-state index contributed by atoms with van der Waals surface area (Å²) in [6.07, 6.45) is 1.60. The van der Waals surface area contributed by atoms with Crippen LogP contribution in [0, 0.1) is 6.92 Å². The van der Waals surface area contributed by atoms with Crippen LogP contribution in [0.3, 0.4) is 0 Å². The van der Waals surface area contributed by atoms with Gasteiger partial charge in [0.1, 0.15) is 5.76 Å². The molecular weight excluding hydrogens is 390 g/mol. The Kier molecular flexibility index (Phi) is 4.84. The molecule has 8 heteroatoms. The largest absolute Gasteiger partial charge is 0.467 e. The van der Waals surface area contributed by atoms with Crippen LogP contribution in [0.4, 0.5) is 0 Å². The summed E-state index contributed by atoms with van der Waals surface area (Å²) >= 11 is 9.17. The van der Waals surface area contributed by atoms with Crippen LogP contribution in [0.15, 0.2) is 56.3 Å². The van der Waals surface area contributed by atoms with Crippen LogP contribution >= 0.6 is 34.7 Å². The molecule has 0 aliphatic carbocycles. The Morgan fingerprint density at radius 3 is 2.92 bits per heavy atom. The van der Waals surface area contributed by atoms with E-state index < -0.39 is 0 Å². The Bertz CT molecular complexity index is 1120. The van der Waals surface area contributed by atoms with Gasteiger partial charge in [-0.15, -0.1) is 11.3 Å². The number of halogens is 1. The van der Waals surface area contributed by atoms with Gasteiger partial charge in [0.15, 0.2) is 5.16 Å². The lowest BCUT2D eigenvalue weighted by atomic mass is 10.2. The summed E-state index contributed by atoms with van der Waals surface area (Å²) in [5.74, 6) is 1.34. The van der Waals surface area contributed by atoms with Crippen molar-refractivity contribution in [2.45, 2.75) is 24.4 Å². The van der Waals surface area contributed by atoms with E-state index in [1.165, 1.54) is 11.8 Å². The number of hydrogen-bond acceptors (Lipinski definition) is 6. The zero-order valence-corrected chi connectivity index (χ0v) is 16.2. The minimum Gasteiger partial charge on any atom is -0.467 e. The zero-order valence-electron chi connectivity index (χ0n) is 13.8. The van der Waals surface area contributed by atoms with Crippen molar-refractivity contribution >= 4 is 45.6 Å². The second-order valence-electron chi connectivity index (χ2n) is 5.67. The van der Waals surface area contributed by atoms with Crippen molar-refractivity contribution in [2.75, 3.05) is 0 Å². The van der Waals surface area contributed by atoms with E-state index in [9.17, 15) is 4.79 Å². The SMILES string of the molecule is Cc1nc(CSc2nc3cc(Cl)ccc3c(=O)n2Cc2ccco2)cs1. The summed E-state index contributed by atoms with van der Waals surface area (Å²) < 4.78 is 7.05. The van der Waals surface area contributed by atoms with Crippen LogP contribution in [0.5, 0.6) is 0 Å². The van der Waals surface area contributed by atoms with Crippen molar-refractivity contribution in [1.82, 2.24) is 14.5 Å². The molecule has 26 heavy (non-hydrogen) atoms. The van der Waals surface area contributed by atoms with Crippen molar-refractivity contribution in [1.29, 1.82) is 0 Å². The van der Waals surface area contributed by atoms with Crippen molar-refractivity contribution < 1.29 is 4.42 Å². The maximum Gasteiger partial charge on any atom is 0.262 e. The quantitative estimate of drug-likeness (QED) is 0.355. The summed E-state index contributed by atoms with van der Waals surface area (Å²) in [4.78, 5) is 22.2. The average molecular weight is 404 g/mol. The van der Waals surface area contributed by atoms with Crippen molar-refractivity contribution in [3.63, 3.8) is 0 Å². The fourth-order valence-corrected chi connectivity index (χ4v) is 4.37. The summed E-state index contributed by atoms with van der Waals surface area (Å²) in [7, 11) is 0. The third-order valence-corrected chi connectivity index (χ3v) is 5.86. The molecule has 0 amide bonds. The van der Waals surface area contributed by atoms with E-state index >= 15 is 0 Å². The highest BCUT2D eigenvalue weighted by Crippen LogP contribution is 2.24. The van der Waals surface area contributed by atoms with E-state index in [2.05, 4.69) is 9.97 Å². The number of aromatic nitrogens is 3. The van der Waals surface area contributed by atoms with E-state index in [4.69, 9.17) is 16.0 Å². The minimum absolute atomic E-state index is 0.111. The third-order valence-electron chi connectivity index (χ3n) is 3.79. The van der Waals surface area contributed by atoms with Crippen LogP contribution in [0.2, 0.25) is 5.02 Å². The maximum atomic E-state index is 13.0. The second kappa shape index (κ2) is 7.26. The molecule has 0 atom stereocenters. The number of nitrogens with zero attached hydrogens (tertiary/aromatic N) is 3. The fraction of sp³-hybridized carbons (Fsp3) is 0.167. The minimum atomic E-state index is -0.111. The molecule has 0 spiro atoms. The third kappa shape index (κ3) is 3.56. The van der Waals surface area contributed by atoms with Crippen LogP contribution in [-0.4, -0.2) is 14.5 Å². The Morgan fingerprint density at radius 2 is 2.19 bits per heavy atom. The van der Waals surface area contributed by atoms with Crippen LogP contribution in [0.1, 0.15) is 16.5 Å². The van der Waals surface area contributed by atoms with E-state index in [1.807, 2.05) is 18.4 Å². The smallest absolute Gasteiger partial charge is 0.262 e. The fourth-order valence-electron chi connectivity index (χ4n) is 2.59. The monoisotopic (exact) mass is 403 g/mol. The highest BCUT2D eigenvalue weighted by Gasteiger charge is 2.14. The molecule has 3 heterocycles. The van der Waals surface area contributed by atoms with Gasteiger partial charge in [0.25, 0.3) is 5.56 Å². The average Bonchev–Trinajstić information content (AvgIpc) is 3.27. The molecule has 0 fully saturated rings. The first-order chi connectivity index (χ1) is 12.6. The summed E-state index contributed by atoms with van der Waals surface area (Å²) in [6.45, 7) is 2.30. The van der Waals surface area contributed by atoms with Gasteiger partial charge in [0.05, 0.1) is 34.4 Å². The molecule has 4 aromatic rings. The highest BCUT2D eigenvalue weighted by molar-refractivity contribution is 7.98. The number of hydrogen-bond donors (Lipinski definition) is 0. The van der Waals surface area contributed by atoms with Gasteiger partial charge in [-0.1, -0.05) is 23.4 Å². The van der Waals surface area contributed by atoms with Crippen molar-refractivity contribution in [3.05, 3.63) is 73.8 Å². The van der Waals surface area contributed by atoms with E-state index in [-0.39, 0.29) is 5.56 Å². The Morgan fingerprint density at radius 1 is 1.31 bits per heavy atom. The Balaban J connectivity index is 1.77. The summed E-state index contributed by atoms with van der Waals surface area (Å²) in [5, 5.41) is 4.75. The lowest BCUT2D eigenvalue weighted by Crippen LogP contribution is -2.23. The van der Waals surface area contributed by atoms with Gasteiger partial charge in [-0.3, -0.25) is 9.36 Å². The molecule has 132 valence electrons. The Labute approximate surface area is 162 Å². The number of rotatable bonds is 5. The lowest BCUT2D eigenvalue weighted by Gasteiger charge is -2.12. The molecule has 0 saturated carbocycles. The molecule has 0 unspecified atom stereocenters. The summed E-state index contributed by atoms with van der Waals surface area (Å²) in [6, 6.07) is 8.78. The number of furan rings is 1. The van der Waals surface area contributed by atoms with Crippen molar-refractivity contribution in [3.8, 4) is 0 Å². The molecule has 4 rings (SSSR count). The lowest BCUT2D eigenvalue weighted by molar-refractivity contribution is 0.476. The molecule has 5 nitrogen and oxygen atoms in total. The first-order valence-corrected chi connectivity index (χ1v) is 10.1. The van der Waals surface area contributed by atoms with E-state index in [1.54, 1.807) is 46.4 Å². The summed E-state index contributed by atoms with van der Waals surface area (Å²) in [5.41, 5.74) is 1.46. The normalized spacial score (nSPS) is 11.3. The highest BCUT2D eigenvalue weighted by atomic mass is 35.5. The standard InChI is InChI=1S/C18H14ClN3O2S2/c1-11-20-13(9-25-11)10-26-18-21-16-7-12(19)4-5-15(16)17(23)22(18)8-14-3-2-6-24-14/h2-7,9H,8,10H2,1H3. The predicted molar refractivity (Wildman–Crippen MR) is 105 cm³/mol. The first-order valence-electron chi connectivity index (χ1n) is 7.86. The zero-order chi connectivity index (χ0) is 18.1. The first kappa shape index (κ1) is 17.3.